The molecule has 2 heterocycles. The first kappa shape index (κ1) is 18.4. The molecule has 0 aromatic heterocycles. The second-order valence-corrected chi connectivity index (χ2v) is 7.19. The summed E-state index contributed by atoms with van der Waals surface area (Å²) in [6.07, 6.45) is -1.15. The third-order valence-corrected chi connectivity index (χ3v) is 5.21. The Bertz CT molecular complexity index is 1080. The van der Waals surface area contributed by atoms with Crippen LogP contribution in [0.1, 0.15) is 11.1 Å². The number of amides is 2. The molecule has 8 nitrogen and oxygen atoms in total. The highest BCUT2D eigenvalue weighted by Gasteiger charge is 2.56. The number of rotatable bonds is 3. The molecule has 2 atom stereocenters. The van der Waals surface area contributed by atoms with Gasteiger partial charge in [0.05, 0.1) is 15.6 Å². The minimum atomic E-state index is -1.15. The van der Waals surface area contributed by atoms with E-state index in [1.807, 2.05) is 0 Å². The van der Waals surface area contributed by atoms with Crippen molar-refractivity contribution in [1.29, 1.82) is 0 Å². The molecule has 0 unspecified atom stereocenters. The number of anilines is 1. The van der Waals surface area contributed by atoms with Crippen LogP contribution >= 0.6 is 23.2 Å². The maximum atomic E-state index is 13.1. The number of hydrogen-bond donors (Lipinski definition) is 0. The van der Waals surface area contributed by atoms with Crippen LogP contribution in [0, 0.1) is 23.0 Å². The lowest BCUT2D eigenvalue weighted by Gasteiger charge is -2.17. The van der Waals surface area contributed by atoms with Crippen LogP contribution in [0.4, 0.5) is 11.4 Å². The topological polar surface area (TPSA) is 102 Å². The molecule has 2 aliphatic rings. The monoisotopic (exact) mass is 419 g/mol. The van der Waals surface area contributed by atoms with Gasteiger partial charge in [-0.2, -0.15) is 0 Å². The van der Waals surface area contributed by atoms with E-state index in [1.165, 1.54) is 24.3 Å². The molecule has 1 fully saturated rings. The third-order valence-electron chi connectivity index (χ3n) is 4.66. The molecule has 0 N–H and O–H groups in total. The summed E-state index contributed by atoms with van der Waals surface area (Å²) < 4.78 is 0. The van der Waals surface area contributed by atoms with Crippen molar-refractivity contribution in [2.45, 2.75) is 13.0 Å². The van der Waals surface area contributed by atoms with Crippen LogP contribution in [0.2, 0.25) is 10.0 Å². The van der Waals surface area contributed by atoms with Crippen molar-refractivity contribution < 1.29 is 19.3 Å². The summed E-state index contributed by atoms with van der Waals surface area (Å²) >= 11 is 12.1. The van der Waals surface area contributed by atoms with Gasteiger partial charge in [-0.15, -0.1) is 0 Å². The van der Waals surface area contributed by atoms with E-state index in [2.05, 4.69) is 5.16 Å². The van der Waals surface area contributed by atoms with Gasteiger partial charge in [-0.25, -0.2) is 4.90 Å². The summed E-state index contributed by atoms with van der Waals surface area (Å²) in [5.74, 6) is -2.21. The molecule has 2 aromatic carbocycles. The van der Waals surface area contributed by atoms with E-state index in [-0.39, 0.29) is 22.1 Å². The van der Waals surface area contributed by atoms with Crippen LogP contribution in [-0.2, 0) is 14.4 Å². The van der Waals surface area contributed by atoms with Crippen LogP contribution in [0.3, 0.4) is 0 Å². The highest BCUT2D eigenvalue weighted by atomic mass is 35.5. The number of imide groups is 1. The number of carbonyl (C=O) groups is 2. The Morgan fingerprint density at radius 1 is 1.14 bits per heavy atom. The number of benzene rings is 2. The summed E-state index contributed by atoms with van der Waals surface area (Å²) in [5.41, 5.74) is 1.10. The van der Waals surface area contributed by atoms with Crippen molar-refractivity contribution in [3.05, 3.63) is 67.7 Å². The first-order valence-electron chi connectivity index (χ1n) is 8.11. The van der Waals surface area contributed by atoms with E-state index in [0.29, 0.717) is 16.1 Å². The molecule has 2 amide bonds. The first-order chi connectivity index (χ1) is 13.3. The Balaban J connectivity index is 1.75. The lowest BCUT2D eigenvalue weighted by atomic mass is 9.94. The van der Waals surface area contributed by atoms with Gasteiger partial charge in [0.25, 0.3) is 11.6 Å². The zero-order valence-electron chi connectivity index (χ0n) is 14.3. The summed E-state index contributed by atoms with van der Waals surface area (Å²) in [6.45, 7) is 1.65. The number of non-ortho nitro benzene ring substituents is 1. The minimum absolute atomic E-state index is 0.142. The Morgan fingerprint density at radius 2 is 1.89 bits per heavy atom. The molecule has 2 aromatic rings. The third kappa shape index (κ3) is 2.73. The summed E-state index contributed by atoms with van der Waals surface area (Å²) in [5, 5.41) is 15.7. The average molecular weight is 420 g/mol. The van der Waals surface area contributed by atoms with E-state index >= 15 is 0 Å². The van der Waals surface area contributed by atoms with Crippen molar-refractivity contribution in [3.8, 4) is 0 Å². The van der Waals surface area contributed by atoms with Crippen LogP contribution < -0.4 is 4.90 Å². The fraction of sp³-hybridized carbons (Fsp3) is 0.167. The molecule has 0 saturated carbocycles. The van der Waals surface area contributed by atoms with Crippen LogP contribution in [0.25, 0.3) is 0 Å². The molecular formula is C18H11Cl2N3O5. The van der Waals surface area contributed by atoms with E-state index in [4.69, 9.17) is 28.0 Å². The maximum absolute atomic E-state index is 13.1. The number of halogens is 2. The van der Waals surface area contributed by atoms with E-state index in [0.717, 1.165) is 4.90 Å². The summed E-state index contributed by atoms with van der Waals surface area (Å²) in [6, 6.07) is 8.66. The second kappa shape index (κ2) is 6.57. The molecule has 0 radical (unpaired) electrons. The highest BCUT2D eigenvalue weighted by molar-refractivity contribution is 6.39. The zero-order valence-corrected chi connectivity index (χ0v) is 15.8. The summed E-state index contributed by atoms with van der Waals surface area (Å²) in [7, 11) is 0. The van der Waals surface area contributed by atoms with E-state index in [9.17, 15) is 19.7 Å². The second-order valence-electron chi connectivity index (χ2n) is 6.34. The van der Waals surface area contributed by atoms with Crippen molar-refractivity contribution in [2.75, 3.05) is 4.90 Å². The molecule has 0 aliphatic carbocycles. The van der Waals surface area contributed by atoms with Gasteiger partial charge in [0.2, 0.25) is 12.0 Å². The molecule has 28 heavy (non-hydrogen) atoms. The SMILES string of the molecule is Cc1ccc([N+](=O)[O-])cc1N1C(=O)[C@H]2C(c3ccc(Cl)cc3Cl)=NO[C@H]2C1=O. The number of aryl methyl sites for hydroxylation is 1. The predicted octanol–water partition coefficient (Wildman–Crippen LogP) is 3.50. The van der Waals surface area contributed by atoms with Crippen molar-refractivity contribution in [1.82, 2.24) is 0 Å². The van der Waals surface area contributed by atoms with Gasteiger partial charge < -0.3 is 4.84 Å². The van der Waals surface area contributed by atoms with Crippen molar-refractivity contribution in [3.63, 3.8) is 0 Å². The molecule has 4 rings (SSSR count). The van der Waals surface area contributed by atoms with Crippen molar-refractivity contribution in [2.24, 2.45) is 11.1 Å². The van der Waals surface area contributed by atoms with Crippen LogP contribution in [0.15, 0.2) is 41.6 Å². The number of fused-ring (bicyclic) bond motifs is 1. The van der Waals surface area contributed by atoms with Gasteiger partial charge in [0, 0.05) is 22.7 Å². The Kier molecular flexibility index (Phi) is 4.32. The predicted molar refractivity (Wildman–Crippen MR) is 102 cm³/mol. The zero-order chi connectivity index (χ0) is 20.2. The van der Waals surface area contributed by atoms with Gasteiger partial charge in [0.1, 0.15) is 11.6 Å². The number of hydrogen-bond acceptors (Lipinski definition) is 6. The Morgan fingerprint density at radius 3 is 2.57 bits per heavy atom. The van der Waals surface area contributed by atoms with Gasteiger partial charge >= 0.3 is 0 Å². The lowest BCUT2D eigenvalue weighted by Crippen LogP contribution is -2.33. The van der Waals surface area contributed by atoms with Crippen molar-refractivity contribution >= 4 is 52.1 Å². The molecule has 10 heteroatoms. The van der Waals surface area contributed by atoms with Gasteiger partial charge in [-0.3, -0.25) is 19.7 Å². The van der Waals surface area contributed by atoms with E-state index < -0.39 is 28.8 Å². The Hall–Kier alpha value is -2.97. The Labute approximate surface area is 168 Å². The molecule has 2 aliphatic heterocycles. The largest absolute Gasteiger partial charge is 0.381 e. The average Bonchev–Trinajstić information content (AvgIpc) is 3.16. The maximum Gasteiger partial charge on any atom is 0.278 e. The first-order valence-corrected chi connectivity index (χ1v) is 8.87. The van der Waals surface area contributed by atoms with Crippen LogP contribution in [0.5, 0.6) is 0 Å². The lowest BCUT2D eigenvalue weighted by molar-refractivity contribution is -0.384. The molecule has 0 bridgehead atoms. The van der Waals surface area contributed by atoms with Gasteiger partial charge in [-0.1, -0.05) is 40.5 Å². The molecule has 0 spiro atoms. The standard InChI is InChI=1S/C18H11Cl2N3O5/c1-8-2-4-10(23(26)27)7-13(8)22-17(24)14-15(21-28-16(14)18(22)25)11-5-3-9(19)6-12(11)20/h2-7,14,16H,1H3/t14-,16+/m0/s1. The van der Waals surface area contributed by atoms with E-state index in [1.54, 1.807) is 19.1 Å². The number of carbonyl (C=O) groups excluding carboxylic acids is 2. The van der Waals surface area contributed by atoms with Gasteiger partial charge in [-0.05, 0) is 24.6 Å². The highest BCUT2D eigenvalue weighted by Crippen LogP contribution is 2.38. The smallest absolute Gasteiger partial charge is 0.278 e. The van der Waals surface area contributed by atoms with Crippen LogP contribution in [-0.4, -0.2) is 28.6 Å². The molecule has 142 valence electrons. The fourth-order valence-corrected chi connectivity index (χ4v) is 3.79. The number of oxime groups is 1. The summed E-state index contributed by atoms with van der Waals surface area (Å²) in [4.78, 5) is 42.6. The fourth-order valence-electron chi connectivity index (χ4n) is 3.29. The quantitative estimate of drug-likeness (QED) is 0.430. The molecule has 1 saturated heterocycles. The number of nitrogens with zero attached hydrogens (tertiary/aromatic N) is 3. The number of nitro groups is 1. The molecular weight excluding hydrogens is 409 g/mol. The minimum Gasteiger partial charge on any atom is -0.381 e. The van der Waals surface area contributed by atoms with Gasteiger partial charge in [0.15, 0.2) is 0 Å². The number of nitro benzene ring substituents is 1. The normalized spacial score (nSPS) is 20.8.